The molecule has 3 N–H and O–H groups in total. The zero-order valence-electron chi connectivity index (χ0n) is 18.0. The Bertz CT molecular complexity index is 1190. The molecule has 0 aliphatic rings. The molecule has 0 aromatic heterocycles. The van der Waals surface area contributed by atoms with Gasteiger partial charge in [-0.2, -0.15) is 5.48 Å². The van der Waals surface area contributed by atoms with Gasteiger partial charge in [0.05, 0.1) is 5.02 Å². The summed E-state index contributed by atoms with van der Waals surface area (Å²) in [4.78, 5) is 29.5. The highest BCUT2D eigenvalue weighted by Gasteiger charge is 2.23. The number of hydrogen-bond donors (Lipinski definition) is 3. The van der Waals surface area contributed by atoms with Crippen molar-refractivity contribution in [2.75, 3.05) is 0 Å². The van der Waals surface area contributed by atoms with Crippen LogP contribution >= 0.6 is 23.2 Å². The third kappa shape index (κ3) is 6.69. The van der Waals surface area contributed by atoms with Gasteiger partial charge in [0.1, 0.15) is 34.3 Å². The maximum absolute atomic E-state index is 12.6. The monoisotopic (exact) mass is 505 g/mol. The summed E-state index contributed by atoms with van der Waals surface area (Å²) in [7, 11) is 0. The van der Waals surface area contributed by atoms with E-state index < -0.39 is 23.7 Å². The largest absolute Gasteiger partial charge is 0.508 e. The van der Waals surface area contributed by atoms with Crippen molar-refractivity contribution in [3.63, 3.8) is 0 Å². The van der Waals surface area contributed by atoms with Gasteiger partial charge in [0.25, 0.3) is 5.91 Å². The fourth-order valence-electron chi connectivity index (χ4n) is 2.88. The molecular weight excluding hydrogens is 485 g/mol. The highest BCUT2D eigenvalue weighted by atomic mass is 35.5. The van der Waals surface area contributed by atoms with Crippen LogP contribution in [0.4, 0.5) is 0 Å². The first-order valence-electron chi connectivity index (χ1n) is 10.2. The van der Waals surface area contributed by atoms with Gasteiger partial charge < -0.3 is 24.5 Å². The van der Waals surface area contributed by atoms with Gasteiger partial charge in [-0.3, -0.25) is 4.79 Å². The number of carbonyl (C=O) groups is 2. The standard InChI is InChI=1S/C24H21Cl2NO7/c1-2-4-22(23(30)27-34-24(31)18-9-8-15(28)12-20(18)29)33-17-6-3-5-16(13-17)32-21-10-7-14(25)11-19(21)26/h3,5-13,22,28-29H,2,4H2,1H3,(H,27,30). The van der Waals surface area contributed by atoms with Crippen LogP contribution in [0.2, 0.25) is 10.0 Å². The van der Waals surface area contributed by atoms with E-state index in [1.807, 2.05) is 12.4 Å². The number of phenols is 2. The Labute approximate surface area is 205 Å². The summed E-state index contributed by atoms with van der Waals surface area (Å²) in [6.45, 7) is 1.87. The van der Waals surface area contributed by atoms with E-state index in [0.29, 0.717) is 40.1 Å². The van der Waals surface area contributed by atoms with Crippen LogP contribution in [0.5, 0.6) is 28.7 Å². The molecule has 0 fully saturated rings. The van der Waals surface area contributed by atoms with Crippen LogP contribution in [0.25, 0.3) is 0 Å². The highest BCUT2D eigenvalue weighted by molar-refractivity contribution is 6.35. The van der Waals surface area contributed by atoms with Crippen molar-refractivity contribution in [1.29, 1.82) is 0 Å². The molecule has 1 amide bonds. The van der Waals surface area contributed by atoms with Crippen molar-refractivity contribution >= 4 is 35.1 Å². The van der Waals surface area contributed by atoms with Crippen molar-refractivity contribution in [2.24, 2.45) is 0 Å². The number of ether oxygens (including phenoxy) is 2. The van der Waals surface area contributed by atoms with Crippen molar-refractivity contribution in [2.45, 2.75) is 25.9 Å². The quantitative estimate of drug-likeness (QED) is 0.339. The van der Waals surface area contributed by atoms with Gasteiger partial charge >= 0.3 is 5.97 Å². The molecule has 8 nitrogen and oxygen atoms in total. The molecule has 3 aromatic rings. The lowest BCUT2D eigenvalue weighted by molar-refractivity contribution is -0.137. The van der Waals surface area contributed by atoms with Crippen LogP contribution in [-0.4, -0.2) is 28.2 Å². The first-order valence-corrected chi connectivity index (χ1v) is 10.9. The lowest BCUT2D eigenvalue weighted by atomic mass is 10.2. The maximum Gasteiger partial charge on any atom is 0.366 e. The smallest absolute Gasteiger partial charge is 0.366 e. The van der Waals surface area contributed by atoms with Crippen molar-refractivity contribution in [3.8, 4) is 28.7 Å². The maximum atomic E-state index is 12.6. The number of carbonyl (C=O) groups excluding carboxylic acids is 2. The summed E-state index contributed by atoms with van der Waals surface area (Å²) in [6.07, 6.45) is -0.0240. The van der Waals surface area contributed by atoms with Gasteiger partial charge in [0.15, 0.2) is 6.10 Å². The van der Waals surface area contributed by atoms with Gasteiger partial charge in [0.2, 0.25) is 0 Å². The summed E-state index contributed by atoms with van der Waals surface area (Å²) in [6, 6.07) is 14.8. The van der Waals surface area contributed by atoms with Crippen LogP contribution in [0.15, 0.2) is 60.7 Å². The van der Waals surface area contributed by atoms with E-state index in [1.54, 1.807) is 42.5 Å². The number of aromatic hydroxyl groups is 2. The van der Waals surface area contributed by atoms with E-state index in [1.165, 1.54) is 6.07 Å². The first-order chi connectivity index (χ1) is 16.3. The molecule has 3 aromatic carbocycles. The third-order valence-corrected chi connectivity index (χ3v) is 5.02. The molecular formula is C24H21Cl2NO7. The Morgan fingerprint density at radius 3 is 2.47 bits per heavy atom. The lowest BCUT2D eigenvalue weighted by Gasteiger charge is -2.18. The average molecular weight is 506 g/mol. The van der Waals surface area contributed by atoms with Gasteiger partial charge in [0, 0.05) is 17.2 Å². The Balaban J connectivity index is 1.65. The molecule has 0 bridgehead atoms. The molecule has 10 heteroatoms. The molecule has 0 spiro atoms. The van der Waals surface area contributed by atoms with Crippen LogP contribution in [0, 0.1) is 0 Å². The van der Waals surface area contributed by atoms with Crippen LogP contribution in [-0.2, 0) is 9.63 Å². The Kier molecular flexibility index (Phi) is 8.45. The Morgan fingerprint density at radius 2 is 1.76 bits per heavy atom. The van der Waals surface area contributed by atoms with Gasteiger partial charge in [-0.25, -0.2) is 4.79 Å². The van der Waals surface area contributed by atoms with Gasteiger partial charge in [-0.15, -0.1) is 0 Å². The molecule has 1 atom stereocenters. The van der Waals surface area contributed by atoms with E-state index in [2.05, 4.69) is 0 Å². The van der Waals surface area contributed by atoms with Crippen LogP contribution in [0.1, 0.15) is 30.1 Å². The predicted molar refractivity (Wildman–Crippen MR) is 126 cm³/mol. The van der Waals surface area contributed by atoms with E-state index in [9.17, 15) is 19.8 Å². The number of phenolic OH excluding ortho intramolecular Hbond substituents is 2. The van der Waals surface area contributed by atoms with Crippen LogP contribution in [0.3, 0.4) is 0 Å². The van der Waals surface area contributed by atoms with E-state index in [0.717, 1.165) is 12.1 Å². The lowest BCUT2D eigenvalue weighted by Crippen LogP contribution is -2.39. The fourth-order valence-corrected chi connectivity index (χ4v) is 3.32. The summed E-state index contributed by atoms with van der Waals surface area (Å²) < 4.78 is 11.6. The van der Waals surface area contributed by atoms with Crippen LogP contribution < -0.4 is 15.0 Å². The van der Waals surface area contributed by atoms with Gasteiger partial charge in [-0.05, 0) is 48.9 Å². The Morgan fingerprint density at radius 1 is 1.00 bits per heavy atom. The second-order valence-electron chi connectivity index (χ2n) is 7.10. The van der Waals surface area contributed by atoms with Crippen molar-refractivity contribution in [3.05, 3.63) is 76.3 Å². The molecule has 3 rings (SSSR count). The topological polar surface area (TPSA) is 114 Å². The van der Waals surface area contributed by atoms with Gasteiger partial charge in [-0.1, -0.05) is 42.6 Å². The first kappa shape index (κ1) is 25.0. The molecule has 34 heavy (non-hydrogen) atoms. The fraction of sp³-hybridized carbons (Fsp3) is 0.167. The molecule has 0 aliphatic heterocycles. The second-order valence-corrected chi connectivity index (χ2v) is 7.95. The number of benzene rings is 3. The number of nitrogens with one attached hydrogen (secondary N) is 1. The molecule has 0 heterocycles. The SMILES string of the molecule is CCCC(Oc1cccc(Oc2ccc(Cl)cc2Cl)c1)C(=O)NOC(=O)c1ccc(O)cc1O. The second kappa shape index (κ2) is 11.5. The minimum absolute atomic E-state index is 0.223. The molecule has 0 radical (unpaired) electrons. The summed E-state index contributed by atoms with van der Waals surface area (Å²) in [5.74, 6) is -1.24. The van der Waals surface area contributed by atoms with E-state index >= 15 is 0 Å². The number of amides is 1. The van der Waals surface area contributed by atoms with Crippen molar-refractivity contribution in [1.82, 2.24) is 5.48 Å². The van der Waals surface area contributed by atoms with E-state index in [-0.39, 0.29) is 11.3 Å². The highest BCUT2D eigenvalue weighted by Crippen LogP contribution is 2.33. The number of rotatable bonds is 8. The molecule has 1 unspecified atom stereocenters. The molecule has 0 saturated heterocycles. The molecule has 178 valence electrons. The summed E-state index contributed by atoms with van der Waals surface area (Å²) >= 11 is 12.0. The zero-order valence-corrected chi connectivity index (χ0v) is 19.5. The predicted octanol–water partition coefficient (Wildman–Crippen LogP) is 5.63. The number of hydroxylamine groups is 1. The summed E-state index contributed by atoms with van der Waals surface area (Å²) in [5, 5.41) is 19.9. The van der Waals surface area contributed by atoms with E-state index in [4.69, 9.17) is 37.5 Å². The Hall–Kier alpha value is -3.62. The molecule has 0 aliphatic carbocycles. The minimum Gasteiger partial charge on any atom is -0.508 e. The normalized spacial score (nSPS) is 11.4. The number of hydrogen-bond acceptors (Lipinski definition) is 7. The summed E-state index contributed by atoms with van der Waals surface area (Å²) in [5.41, 5.74) is 1.82. The zero-order chi connectivity index (χ0) is 24.7. The van der Waals surface area contributed by atoms with Crippen molar-refractivity contribution < 1.29 is 34.1 Å². The average Bonchev–Trinajstić information content (AvgIpc) is 2.79. The molecule has 0 saturated carbocycles. The minimum atomic E-state index is -1.00. The third-order valence-electron chi connectivity index (χ3n) is 4.49. The number of halogens is 2.